The molecule has 0 radical (unpaired) electrons. The van der Waals surface area contributed by atoms with Gasteiger partial charge in [-0.3, -0.25) is 0 Å². The van der Waals surface area contributed by atoms with Gasteiger partial charge in [-0.1, -0.05) is 34.5 Å². The third-order valence-corrected chi connectivity index (χ3v) is 4.03. The second-order valence-electron chi connectivity index (χ2n) is 3.90. The van der Waals surface area contributed by atoms with Gasteiger partial charge in [-0.2, -0.15) is 0 Å². The Hall–Kier alpha value is -0.360. The molecule has 0 aliphatic rings. The van der Waals surface area contributed by atoms with Crippen LogP contribution in [0.5, 0.6) is 5.75 Å². The molecule has 0 atom stereocenters. The smallest absolute Gasteiger partial charge is 0.159 e. The third-order valence-electron chi connectivity index (χ3n) is 2.58. The molecule has 0 saturated carbocycles. The van der Waals surface area contributed by atoms with Gasteiger partial charge in [0.25, 0.3) is 0 Å². The summed E-state index contributed by atoms with van der Waals surface area (Å²) in [5, 5.41) is 4.64. The standard InChI is InChI=1S/C13H13Br2ClN2O/c1-2-17-5-6-19-13-10(15)7-9(14)8-3-4-11(16)18-12(8)13/h3-4,7,17H,2,5-6H2,1H3. The zero-order valence-corrected chi connectivity index (χ0v) is 14.3. The lowest BCUT2D eigenvalue weighted by atomic mass is 10.2. The molecule has 0 spiro atoms. The Balaban J connectivity index is 2.38. The zero-order valence-electron chi connectivity index (χ0n) is 10.3. The predicted octanol–water partition coefficient (Wildman–Crippen LogP) is 4.40. The number of halogens is 3. The zero-order chi connectivity index (χ0) is 13.8. The first-order chi connectivity index (χ1) is 9.13. The minimum absolute atomic E-state index is 0.453. The highest BCUT2D eigenvalue weighted by Crippen LogP contribution is 2.38. The van der Waals surface area contributed by atoms with E-state index in [1.54, 1.807) is 6.07 Å². The number of nitrogens with zero attached hydrogens (tertiary/aromatic N) is 1. The fourth-order valence-corrected chi connectivity index (χ4v) is 3.24. The van der Waals surface area contributed by atoms with E-state index in [4.69, 9.17) is 16.3 Å². The maximum atomic E-state index is 5.97. The monoisotopic (exact) mass is 406 g/mol. The van der Waals surface area contributed by atoms with Crippen LogP contribution in [0.1, 0.15) is 6.92 Å². The normalized spacial score (nSPS) is 10.9. The van der Waals surface area contributed by atoms with Crippen LogP contribution in [-0.4, -0.2) is 24.7 Å². The Morgan fingerprint density at radius 1 is 1.32 bits per heavy atom. The van der Waals surface area contributed by atoms with E-state index in [-0.39, 0.29) is 0 Å². The van der Waals surface area contributed by atoms with Crippen molar-refractivity contribution < 1.29 is 4.74 Å². The highest BCUT2D eigenvalue weighted by Gasteiger charge is 2.12. The molecule has 1 aromatic carbocycles. The van der Waals surface area contributed by atoms with Gasteiger partial charge < -0.3 is 10.1 Å². The molecule has 1 N–H and O–H groups in total. The van der Waals surface area contributed by atoms with Crippen LogP contribution >= 0.6 is 43.5 Å². The van der Waals surface area contributed by atoms with Crippen molar-refractivity contribution in [3.8, 4) is 5.75 Å². The number of likely N-dealkylation sites (N-methyl/N-ethyl adjacent to an activating group) is 1. The molecule has 3 nitrogen and oxygen atoms in total. The first-order valence-corrected chi connectivity index (χ1v) is 7.87. The molecule has 0 saturated heterocycles. The van der Waals surface area contributed by atoms with Crippen molar-refractivity contribution in [2.45, 2.75) is 6.92 Å². The van der Waals surface area contributed by atoms with Gasteiger partial charge in [0.15, 0.2) is 5.75 Å². The average molecular weight is 409 g/mol. The summed E-state index contributed by atoms with van der Waals surface area (Å²) in [6.07, 6.45) is 0. The Bertz CT molecular complexity index is 592. The van der Waals surface area contributed by atoms with Gasteiger partial charge in [0, 0.05) is 16.4 Å². The first kappa shape index (κ1) is 15.0. The van der Waals surface area contributed by atoms with Crippen LogP contribution in [0.4, 0.5) is 0 Å². The fourth-order valence-electron chi connectivity index (χ4n) is 1.71. The van der Waals surface area contributed by atoms with Crippen LogP contribution in [-0.2, 0) is 0 Å². The lowest BCUT2D eigenvalue weighted by Gasteiger charge is -2.12. The molecule has 2 aromatic rings. The molecular formula is C13H13Br2ClN2O. The van der Waals surface area contributed by atoms with E-state index < -0.39 is 0 Å². The Morgan fingerprint density at radius 3 is 2.84 bits per heavy atom. The number of hydrogen-bond acceptors (Lipinski definition) is 3. The molecule has 0 unspecified atom stereocenters. The summed E-state index contributed by atoms with van der Waals surface area (Å²) in [5.74, 6) is 0.721. The highest BCUT2D eigenvalue weighted by atomic mass is 79.9. The van der Waals surface area contributed by atoms with Crippen LogP contribution in [0, 0.1) is 0 Å². The Kier molecular flexibility index (Phi) is 5.45. The molecule has 19 heavy (non-hydrogen) atoms. The van der Waals surface area contributed by atoms with Gasteiger partial charge in [-0.25, -0.2) is 4.98 Å². The molecule has 2 rings (SSSR count). The fraction of sp³-hybridized carbons (Fsp3) is 0.308. The van der Waals surface area contributed by atoms with Crippen LogP contribution in [0.2, 0.25) is 5.15 Å². The number of fused-ring (bicyclic) bond motifs is 1. The van der Waals surface area contributed by atoms with Gasteiger partial charge in [0.2, 0.25) is 0 Å². The molecule has 0 bridgehead atoms. The number of ether oxygens (including phenoxy) is 1. The van der Waals surface area contributed by atoms with E-state index in [1.807, 2.05) is 12.1 Å². The van der Waals surface area contributed by atoms with Crippen molar-refractivity contribution in [2.75, 3.05) is 19.7 Å². The Morgan fingerprint density at radius 2 is 2.11 bits per heavy atom. The minimum Gasteiger partial charge on any atom is -0.489 e. The molecule has 102 valence electrons. The molecule has 0 amide bonds. The van der Waals surface area contributed by atoms with Crippen molar-refractivity contribution in [3.05, 3.63) is 32.3 Å². The van der Waals surface area contributed by atoms with Gasteiger partial charge in [-0.15, -0.1) is 0 Å². The van der Waals surface area contributed by atoms with E-state index >= 15 is 0 Å². The predicted molar refractivity (Wildman–Crippen MR) is 86.2 cm³/mol. The summed E-state index contributed by atoms with van der Waals surface area (Å²) < 4.78 is 7.63. The molecule has 1 aromatic heterocycles. The first-order valence-electron chi connectivity index (χ1n) is 5.91. The maximum absolute atomic E-state index is 5.97. The average Bonchev–Trinajstić information content (AvgIpc) is 2.37. The summed E-state index contributed by atoms with van der Waals surface area (Å²) in [6.45, 7) is 4.36. The van der Waals surface area contributed by atoms with E-state index in [1.165, 1.54) is 0 Å². The largest absolute Gasteiger partial charge is 0.489 e. The van der Waals surface area contributed by atoms with Gasteiger partial charge in [0.1, 0.15) is 17.3 Å². The van der Waals surface area contributed by atoms with E-state index in [9.17, 15) is 0 Å². The second-order valence-corrected chi connectivity index (χ2v) is 6.00. The van der Waals surface area contributed by atoms with Gasteiger partial charge in [-0.05, 0) is 40.7 Å². The molecule has 6 heteroatoms. The summed E-state index contributed by atoms with van der Waals surface area (Å²) in [4.78, 5) is 4.36. The summed E-state index contributed by atoms with van der Waals surface area (Å²) >= 11 is 13.0. The number of aromatic nitrogens is 1. The number of hydrogen-bond donors (Lipinski definition) is 1. The van der Waals surface area contributed by atoms with E-state index in [2.05, 4.69) is 49.1 Å². The van der Waals surface area contributed by atoms with Gasteiger partial charge in [0.05, 0.1) is 4.47 Å². The van der Waals surface area contributed by atoms with E-state index in [0.29, 0.717) is 11.8 Å². The number of pyridine rings is 1. The summed E-state index contributed by atoms with van der Waals surface area (Å²) in [7, 11) is 0. The second kappa shape index (κ2) is 6.88. The molecule has 0 aliphatic carbocycles. The van der Waals surface area contributed by atoms with Crippen molar-refractivity contribution in [1.82, 2.24) is 10.3 Å². The maximum Gasteiger partial charge on any atom is 0.159 e. The molecule has 0 fully saturated rings. The SMILES string of the molecule is CCNCCOc1c(Br)cc(Br)c2ccc(Cl)nc12. The number of benzene rings is 1. The summed E-state index contributed by atoms with van der Waals surface area (Å²) in [5.41, 5.74) is 0.755. The molecule has 1 heterocycles. The topological polar surface area (TPSA) is 34.1 Å². The quantitative estimate of drug-likeness (QED) is 0.588. The summed E-state index contributed by atoms with van der Waals surface area (Å²) in [6, 6.07) is 5.66. The van der Waals surface area contributed by atoms with Crippen LogP contribution < -0.4 is 10.1 Å². The van der Waals surface area contributed by atoms with E-state index in [0.717, 1.165) is 38.7 Å². The molecule has 0 aliphatic heterocycles. The minimum atomic E-state index is 0.453. The number of nitrogens with one attached hydrogen (secondary N) is 1. The third kappa shape index (κ3) is 3.60. The highest BCUT2D eigenvalue weighted by molar-refractivity contribution is 9.11. The lowest BCUT2D eigenvalue weighted by Crippen LogP contribution is -2.20. The van der Waals surface area contributed by atoms with Crippen molar-refractivity contribution >= 4 is 54.4 Å². The lowest BCUT2D eigenvalue weighted by molar-refractivity contribution is 0.316. The van der Waals surface area contributed by atoms with Crippen molar-refractivity contribution in [1.29, 1.82) is 0 Å². The Labute approximate surface area is 133 Å². The van der Waals surface area contributed by atoms with Crippen LogP contribution in [0.15, 0.2) is 27.1 Å². The van der Waals surface area contributed by atoms with Crippen LogP contribution in [0.25, 0.3) is 10.9 Å². The van der Waals surface area contributed by atoms with Crippen molar-refractivity contribution in [2.24, 2.45) is 0 Å². The molecular weight excluding hydrogens is 395 g/mol. The van der Waals surface area contributed by atoms with Crippen LogP contribution in [0.3, 0.4) is 0 Å². The van der Waals surface area contributed by atoms with Gasteiger partial charge >= 0.3 is 0 Å². The number of rotatable bonds is 5. The van der Waals surface area contributed by atoms with Crippen molar-refractivity contribution in [3.63, 3.8) is 0 Å².